The minimum atomic E-state index is -0.361. The minimum absolute atomic E-state index is 0.361. The number of esters is 1. The van der Waals surface area contributed by atoms with Crippen LogP contribution in [0.5, 0.6) is 0 Å². The van der Waals surface area contributed by atoms with Gasteiger partial charge in [-0.25, -0.2) is 0 Å². The van der Waals surface area contributed by atoms with Crippen molar-refractivity contribution in [1.82, 2.24) is 0 Å². The molecule has 0 bridgehead atoms. The van der Waals surface area contributed by atoms with E-state index in [4.69, 9.17) is 0 Å². The van der Waals surface area contributed by atoms with E-state index >= 15 is 0 Å². The Morgan fingerprint density at radius 2 is 1.50 bits per heavy atom. The Morgan fingerprint density at radius 1 is 0.950 bits per heavy atom. The van der Waals surface area contributed by atoms with Gasteiger partial charge in [-0.2, -0.15) is 0 Å². The molecule has 0 amide bonds. The summed E-state index contributed by atoms with van der Waals surface area (Å²) in [6.45, 7) is 3.61. The van der Waals surface area contributed by atoms with Crippen LogP contribution in [0.4, 0.5) is 0 Å². The summed E-state index contributed by atoms with van der Waals surface area (Å²) in [7, 11) is 0. The van der Waals surface area contributed by atoms with Gasteiger partial charge in [-0.05, 0) is 24.8 Å². The van der Waals surface area contributed by atoms with Crippen molar-refractivity contribution in [3.8, 4) is 12.0 Å². The fourth-order valence-electron chi connectivity index (χ4n) is 2.03. The molecule has 0 atom stereocenters. The first-order valence-corrected chi connectivity index (χ1v) is 8.10. The number of hydrogen-bond donors (Lipinski definition) is 0. The molecule has 0 aromatic heterocycles. The summed E-state index contributed by atoms with van der Waals surface area (Å²) in [6.07, 6.45) is 20.8. The summed E-state index contributed by atoms with van der Waals surface area (Å²) in [4.78, 5) is 10.4. The monoisotopic (exact) mass is 278 g/mol. The zero-order valence-electron chi connectivity index (χ0n) is 13.2. The van der Waals surface area contributed by atoms with E-state index in [9.17, 15) is 4.79 Å². The van der Waals surface area contributed by atoms with Crippen LogP contribution < -0.4 is 0 Å². The molecule has 0 aliphatic heterocycles. The predicted molar refractivity (Wildman–Crippen MR) is 85.1 cm³/mol. The SMILES string of the molecule is CCCCCCCCCCCC/C=C\C#COC(C)=O. The molecule has 0 heterocycles. The fourth-order valence-corrected chi connectivity index (χ4v) is 2.03. The maximum absolute atomic E-state index is 10.4. The fraction of sp³-hybridized carbons (Fsp3) is 0.722. The zero-order valence-corrected chi connectivity index (χ0v) is 13.2. The Bertz CT molecular complexity index is 307. The Kier molecular flexibility index (Phi) is 14.9. The molecule has 0 N–H and O–H groups in total. The number of ether oxygens (including phenoxy) is 1. The molecule has 0 radical (unpaired) electrons. The van der Waals surface area contributed by atoms with Crippen LogP contribution >= 0.6 is 0 Å². The summed E-state index contributed by atoms with van der Waals surface area (Å²) < 4.78 is 4.50. The van der Waals surface area contributed by atoms with Gasteiger partial charge in [-0.15, -0.1) is 0 Å². The van der Waals surface area contributed by atoms with Crippen molar-refractivity contribution in [1.29, 1.82) is 0 Å². The molecular weight excluding hydrogens is 248 g/mol. The van der Waals surface area contributed by atoms with E-state index in [0.29, 0.717) is 0 Å². The van der Waals surface area contributed by atoms with Crippen LogP contribution in [0, 0.1) is 12.0 Å². The average molecular weight is 278 g/mol. The minimum Gasteiger partial charge on any atom is -0.372 e. The molecule has 0 saturated heterocycles. The first kappa shape index (κ1) is 18.8. The summed E-state index contributed by atoms with van der Waals surface area (Å²) >= 11 is 0. The maximum atomic E-state index is 10.4. The maximum Gasteiger partial charge on any atom is 0.316 e. The smallest absolute Gasteiger partial charge is 0.316 e. The van der Waals surface area contributed by atoms with E-state index in [2.05, 4.69) is 23.7 Å². The zero-order chi connectivity index (χ0) is 14.9. The highest BCUT2D eigenvalue weighted by atomic mass is 16.5. The van der Waals surface area contributed by atoms with Gasteiger partial charge in [0.05, 0.1) is 0 Å². The van der Waals surface area contributed by atoms with Gasteiger partial charge in [0.15, 0.2) is 0 Å². The van der Waals surface area contributed by atoms with Gasteiger partial charge in [-0.3, -0.25) is 4.79 Å². The molecule has 0 aromatic rings. The van der Waals surface area contributed by atoms with E-state index in [1.54, 1.807) is 6.08 Å². The Balaban J connectivity index is 3.17. The summed E-state index contributed by atoms with van der Waals surface area (Å²) in [5, 5.41) is 0. The molecule has 2 heteroatoms. The van der Waals surface area contributed by atoms with E-state index in [1.165, 1.54) is 71.1 Å². The standard InChI is InChI=1S/C18H30O2/c1-3-4-5-6-7-8-9-10-11-12-13-14-15-16-17-20-18(2)19/h14-15H,3-13H2,1-2H3/b15-14-. The quantitative estimate of drug-likeness (QED) is 0.288. The van der Waals surface area contributed by atoms with Crippen molar-refractivity contribution in [3.05, 3.63) is 12.2 Å². The highest BCUT2D eigenvalue weighted by Crippen LogP contribution is 2.11. The third-order valence-electron chi connectivity index (χ3n) is 3.18. The van der Waals surface area contributed by atoms with Crippen LogP contribution in [0.15, 0.2) is 12.2 Å². The normalized spacial score (nSPS) is 10.3. The molecule has 0 aromatic carbocycles. The number of hydrogen-bond acceptors (Lipinski definition) is 2. The van der Waals surface area contributed by atoms with Crippen molar-refractivity contribution in [2.24, 2.45) is 0 Å². The van der Waals surface area contributed by atoms with Gasteiger partial charge in [0, 0.05) is 6.92 Å². The molecule has 0 unspecified atom stereocenters. The first-order valence-electron chi connectivity index (χ1n) is 8.10. The van der Waals surface area contributed by atoms with Gasteiger partial charge < -0.3 is 4.74 Å². The molecule has 0 saturated carbocycles. The molecule has 0 rings (SSSR count). The molecule has 0 spiro atoms. The lowest BCUT2D eigenvalue weighted by Gasteiger charge is -2.01. The van der Waals surface area contributed by atoms with E-state index < -0.39 is 0 Å². The van der Waals surface area contributed by atoms with Crippen molar-refractivity contribution in [2.75, 3.05) is 0 Å². The van der Waals surface area contributed by atoms with Crippen LogP contribution in [-0.4, -0.2) is 5.97 Å². The second kappa shape index (κ2) is 15.8. The van der Waals surface area contributed by atoms with Crippen molar-refractivity contribution in [3.63, 3.8) is 0 Å². The van der Waals surface area contributed by atoms with Crippen LogP contribution in [0.1, 0.15) is 84.5 Å². The van der Waals surface area contributed by atoms with E-state index in [-0.39, 0.29) is 5.97 Å². The molecule has 2 nitrogen and oxygen atoms in total. The highest BCUT2D eigenvalue weighted by Gasteiger charge is 1.91. The van der Waals surface area contributed by atoms with Crippen molar-refractivity contribution in [2.45, 2.75) is 84.5 Å². The number of unbranched alkanes of at least 4 members (excludes halogenated alkanes) is 10. The number of carbonyl (C=O) groups is 1. The Labute approximate surface area is 125 Å². The van der Waals surface area contributed by atoms with E-state index in [1.807, 2.05) is 6.08 Å². The molecule has 20 heavy (non-hydrogen) atoms. The second-order valence-corrected chi connectivity index (χ2v) is 5.21. The molecule has 0 fully saturated rings. The predicted octanol–water partition coefficient (Wildman–Crippen LogP) is 5.38. The number of carbonyl (C=O) groups excluding carboxylic acids is 1. The third-order valence-corrected chi connectivity index (χ3v) is 3.18. The van der Waals surface area contributed by atoms with Crippen LogP contribution in [0.2, 0.25) is 0 Å². The summed E-state index contributed by atoms with van der Waals surface area (Å²) in [6, 6.07) is 0. The molecule has 114 valence electrons. The number of rotatable bonds is 11. The van der Waals surface area contributed by atoms with Gasteiger partial charge in [0.25, 0.3) is 0 Å². The first-order chi connectivity index (χ1) is 9.77. The van der Waals surface area contributed by atoms with Crippen LogP contribution in [0.25, 0.3) is 0 Å². The molecular formula is C18H30O2. The molecule has 0 aliphatic carbocycles. The van der Waals surface area contributed by atoms with Gasteiger partial charge >= 0.3 is 5.97 Å². The largest absolute Gasteiger partial charge is 0.372 e. The summed E-state index contributed by atoms with van der Waals surface area (Å²) in [5.41, 5.74) is 0. The lowest BCUT2D eigenvalue weighted by Crippen LogP contribution is -1.89. The van der Waals surface area contributed by atoms with Gasteiger partial charge in [-0.1, -0.05) is 70.8 Å². The van der Waals surface area contributed by atoms with Crippen LogP contribution in [0.3, 0.4) is 0 Å². The third kappa shape index (κ3) is 16.8. The van der Waals surface area contributed by atoms with Crippen LogP contribution in [-0.2, 0) is 9.53 Å². The Hall–Kier alpha value is -1.23. The topological polar surface area (TPSA) is 26.3 Å². The van der Waals surface area contributed by atoms with Gasteiger partial charge in [0.1, 0.15) is 6.11 Å². The molecule has 0 aliphatic rings. The van der Waals surface area contributed by atoms with Crippen molar-refractivity contribution >= 4 is 5.97 Å². The highest BCUT2D eigenvalue weighted by molar-refractivity contribution is 5.67. The lowest BCUT2D eigenvalue weighted by atomic mass is 10.1. The van der Waals surface area contributed by atoms with E-state index in [0.717, 1.165) is 6.42 Å². The average Bonchev–Trinajstić information content (AvgIpc) is 2.43. The Morgan fingerprint density at radius 3 is 2.05 bits per heavy atom. The lowest BCUT2D eigenvalue weighted by molar-refractivity contribution is -0.134. The number of allylic oxidation sites excluding steroid dienone is 2. The van der Waals surface area contributed by atoms with Crippen molar-refractivity contribution < 1.29 is 9.53 Å². The second-order valence-electron chi connectivity index (χ2n) is 5.21. The summed E-state index contributed by atoms with van der Waals surface area (Å²) in [5.74, 6) is 2.32. The van der Waals surface area contributed by atoms with Gasteiger partial charge in [0.2, 0.25) is 0 Å².